The van der Waals surface area contributed by atoms with Gasteiger partial charge in [0.2, 0.25) is 6.29 Å². The number of hydrogen-bond acceptors (Lipinski definition) is 12. The number of carbonyl (C=O) groups is 2. The molecule has 1 aromatic heterocycles. The summed E-state index contributed by atoms with van der Waals surface area (Å²) in [7, 11) is -5.28. The number of aliphatic hydroxyl groups excluding tert-OH is 2. The summed E-state index contributed by atoms with van der Waals surface area (Å²) in [5, 5.41) is 21.2. The van der Waals surface area contributed by atoms with Gasteiger partial charge in [0.15, 0.2) is 6.10 Å². The van der Waals surface area contributed by atoms with E-state index in [2.05, 4.69) is 11.9 Å². The van der Waals surface area contributed by atoms with Crippen molar-refractivity contribution in [3.05, 3.63) is 72.1 Å². The number of esters is 2. The van der Waals surface area contributed by atoms with Crippen molar-refractivity contribution >= 4 is 19.8 Å². The second-order valence-electron chi connectivity index (χ2n) is 11.4. The van der Waals surface area contributed by atoms with Crippen LogP contribution in [0.25, 0.3) is 0 Å². The van der Waals surface area contributed by atoms with Crippen LogP contribution in [0.5, 0.6) is 5.75 Å². The maximum Gasteiger partial charge on any atom is 0.470 e. The summed E-state index contributed by atoms with van der Waals surface area (Å²) in [5.74, 6) is -1.53. The molecule has 2 heterocycles. The van der Waals surface area contributed by atoms with Crippen LogP contribution in [0.4, 0.5) is 0 Å². The van der Waals surface area contributed by atoms with E-state index in [9.17, 15) is 34.2 Å². The van der Waals surface area contributed by atoms with Gasteiger partial charge in [-0.1, -0.05) is 70.1 Å². The summed E-state index contributed by atoms with van der Waals surface area (Å²) in [5.41, 5.74) is 6.14. The van der Waals surface area contributed by atoms with Gasteiger partial charge in [-0.2, -0.15) is 0 Å². The molecule has 0 spiro atoms. The summed E-state index contributed by atoms with van der Waals surface area (Å²) in [6.07, 6.45) is 5.84. The lowest BCUT2D eigenvalue weighted by molar-refractivity contribution is -0.278. The number of nitrogens with zero attached hydrogens (tertiary/aromatic N) is 1. The second-order valence-corrected chi connectivity index (χ2v) is 12.6. The fraction of sp³-hybridized carbons (Fsp3) is 0.545. The zero-order chi connectivity index (χ0) is 34.9. The molecule has 0 bridgehead atoms. The third-order valence-corrected chi connectivity index (χ3v) is 8.14. The fourth-order valence-electron chi connectivity index (χ4n) is 5.04. The van der Waals surface area contributed by atoms with E-state index < -0.39 is 63.2 Å². The Morgan fingerprint density at radius 3 is 2.35 bits per heavy atom. The Balaban J connectivity index is 1.75. The van der Waals surface area contributed by atoms with Crippen molar-refractivity contribution in [2.45, 2.75) is 102 Å². The molecule has 6 N–H and O–H groups in total. The quantitative estimate of drug-likeness (QED) is 0.0576. The normalized spacial score (nSPS) is 21.9. The molecule has 1 aliphatic rings. The van der Waals surface area contributed by atoms with Crippen molar-refractivity contribution < 1.29 is 57.6 Å². The molecule has 0 radical (unpaired) electrons. The molecule has 0 amide bonds. The SMILES string of the molecule is CCCCCCCCCC/C=C/C(=O)OC1C(Oc2ccc(C(O)CN)cc2)OC(COC(=O)c2cccnc2)C(O)C1OP(=O)(O)O. The molecule has 1 saturated heterocycles. The van der Waals surface area contributed by atoms with E-state index >= 15 is 0 Å². The summed E-state index contributed by atoms with van der Waals surface area (Å²) in [6, 6.07) is 9.01. The number of pyridine rings is 1. The van der Waals surface area contributed by atoms with E-state index in [0.717, 1.165) is 25.7 Å². The standard InChI is InChI=1S/C33H47N2O12P/c1-2-3-4-5-6-7-8-9-10-11-14-28(37)46-31-30(47-48(40,41)42)29(38)27(22-43-32(39)24-13-12-19-35-21-24)45-33(31)44-25-17-15-23(16-18-25)26(36)20-34/h11-19,21,26-27,29-31,33,36,38H,2-10,20,22,34H2,1H3,(H2,40,41,42)/b14-11+. The fourth-order valence-corrected chi connectivity index (χ4v) is 5.60. The second kappa shape index (κ2) is 20.3. The maximum absolute atomic E-state index is 12.9. The molecular weight excluding hydrogens is 647 g/mol. The molecular formula is C33H47N2O12P. The Morgan fingerprint density at radius 2 is 1.73 bits per heavy atom. The molecule has 3 rings (SSSR count). The van der Waals surface area contributed by atoms with Crippen LogP contribution in [0, 0.1) is 0 Å². The minimum Gasteiger partial charge on any atom is -0.461 e. The first-order chi connectivity index (χ1) is 23.0. The van der Waals surface area contributed by atoms with Crippen LogP contribution in [0.15, 0.2) is 60.9 Å². The number of unbranched alkanes of at least 4 members (excludes halogenated alkanes) is 8. The number of phosphoric acid groups is 1. The van der Waals surface area contributed by atoms with Gasteiger partial charge in [-0.05, 0) is 42.7 Å². The Bertz CT molecular complexity index is 1320. The smallest absolute Gasteiger partial charge is 0.461 e. The van der Waals surface area contributed by atoms with E-state index in [1.807, 2.05) is 0 Å². The van der Waals surface area contributed by atoms with Gasteiger partial charge in [0.25, 0.3) is 0 Å². The van der Waals surface area contributed by atoms with Gasteiger partial charge in [-0.3, -0.25) is 9.51 Å². The average Bonchev–Trinajstić information content (AvgIpc) is 3.07. The Labute approximate surface area is 280 Å². The number of aromatic nitrogens is 1. The third-order valence-electron chi connectivity index (χ3n) is 7.62. The third kappa shape index (κ3) is 13.4. The zero-order valence-corrected chi connectivity index (χ0v) is 27.9. The van der Waals surface area contributed by atoms with Crippen LogP contribution in [0.1, 0.15) is 86.7 Å². The van der Waals surface area contributed by atoms with Crippen molar-refractivity contribution in [2.24, 2.45) is 5.73 Å². The Kier molecular flexibility index (Phi) is 16.6. The van der Waals surface area contributed by atoms with Crippen LogP contribution in [-0.4, -0.2) is 80.8 Å². The number of ether oxygens (including phenoxy) is 4. The summed E-state index contributed by atoms with van der Waals surface area (Å²) in [4.78, 5) is 48.7. The minimum atomic E-state index is -5.28. The van der Waals surface area contributed by atoms with Crippen LogP contribution >= 0.6 is 7.82 Å². The number of nitrogens with two attached hydrogens (primary N) is 1. The summed E-state index contributed by atoms with van der Waals surface area (Å²) < 4.78 is 39.5. The lowest BCUT2D eigenvalue weighted by Gasteiger charge is -2.43. The molecule has 266 valence electrons. The average molecular weight is 695 g/mol. The zero-order valence-electron chi connectivity index (χ0n) is 27.0. The number of aliphatic hydroxyl groups is 2. The van der Waals surface area contributed by atoms with E-state index in [1.54, 1.807) is 6.08 Å². The highest BCUT2D eigenvalue weighted by atomic mass is 31.2. The molecule has 1 aliphatic heterocycles. The number of benzene rings is 1. The van der Waals surface area contributed by atoms with Crippen molar-refractivity contribution in [1.29, 1.82) is 0 Å². The molecule has 1 fully saturated rings. The first-order valence-electron chi connectivity index (χ1n) is 16.2. The highest BCUT2D eigenvalue weighted by Crippen LogP contribution is 2.42. The molecule has 6 unspecified atom stereocenters. The summed E-state index contributed by atoms with van der Waals surface area (Å²) >= 11 is 0. The van der Waals surface area contributed by atoms with Gasteiger partial charge in [0, 0.05) is 25.0 Å². The largest absolute Gasteiger partial charge is 0.470 e. The van der Waals surface area contributed by atoms with E-state index in [4.69, 9.17) is 29.2 Å². The van der Waals surface area contributed by atoms with Crippen molar-refractivity contribution in [2.75, 3.05) is 13.2 Å². The van der Waals surface area contributed by atoms with Crippen LogP contribution in [-0.2, 0) is 28.1 Å². The first kappa shape index (κ1) is 39.2. The topological polar surface area (TPSA) is 217 Å². The van der Waals surface area contributed by atoms with Gasteiger partial charge in [0.05, 0.1) is 11.7 Å². The number of rotatable bonds is 20. The van der Waals surface area contributed by atoms with Gasteiger partial charge in [-0.25, -0.2) is 14.2 Å². The van der Waals surface area contributed by atoms with Crippen molar-refractivity contribution in [1.82, 2.24) is 4.98 Å². The van der Waals surface area contributed by atoms with Crippen LogP contribution in [0.2, 0.25) is 0 Å². The van der Waals surface area contributed by atoms with E-state index in [0.29, 0.717) is 12.0 Å². The van der Waals surface area contributed by atoms with Gasteiger partial charge >= 0.3 is 19.8 Å². The van der Waals surface area contributed by atoms with E-state index in [-0.39, 0.29) is 17.9 Å². The van der Waals surface area contributed by atoms with Gasteiger partial charge < -0.3 is 44.7 Å². The van der Waals surface area contributed by atoms with E-state index in [1.165, 1.54) is 80.6 Å². The van der Waals surface area contributed by atoms with Crippen molar-refractivity contribution in [3.63, 3.8) is 0 Å². The number of carbonyl (C=O) groups excluding carboxylic acids is 2. The lowest BCUT2D eigenvalue weighted by atomic mass is 9.99. The van der Waals surface area contributed by atoms with Gasteiger partial charge in [-0.15, -0.1) is 0 Å². The highest BCUT2D eigenvalue weighted by Gasteiger charge is 2.52. The predicted octanol–water partition coefficient (Wildman–Crippen LogP) is 3.87. The predicted molar refractivity (Wildman–Crippen MR) is 173 cm³/mol. The molecule has 6 atom stereocenters. The lowest BCUT2D eigenvalue weighted by Crippen LogP contribution is -2.62. The molecule has 0 aliphatic carbocycles. The maximum atomic E-state index is 12.9. The summed E-state index contributed by atoms with van der Waals surface area (Å²) in [6.45, 7) is 1.57. The minimum absolute atomic E-state index is 0.0186. The highest BCUT2D eigenvalue weighted by molar-refractivity contribution is 7.46. The molecule has 2 aromatic rings. The molecule has 1 aromatic carbocycles. The molecule has 15 heteroatoms. The van der Waals surface area contributed by atoms with Crippen LogP contribution < -0.4 is 10.5 Å². The molecule has 14 nitrogen and oxygen atoms in total. The monoisotopic (exact) mass is 694 g/mol. The molecule has 48 heavy (non-hydrogen) atoms. The Morgan fingerprint density at radius 1 is 1.04 bits per heavy atom. The van der Waals surface area contributed by atoms with Gasteiger partial charge in [0.1, 0.15) is 30.7 Å². The first-order valence-corrected chi connectivity index (χ1v) is 17.7. The molecule has 0 saturated carbocycles. The number of allylic oxidation sites excluding steroid dienone is 1. The number of hydrogen-bond donors (Lipinski definition) is 5. The van der Waals surface area contributed by atoms with Crippen LogP contribution in [0.3, 0.4) is 0 Å². The number of phosphoric ester groups is 1. The van der Waals surface area contributed by atoms with Crippen molar-refractivity contribution in [3.8, 4) is 5.75 Å². The Hall–Kier alpha value is -3.20.